The molecule has 1 aromatic heterocycles. The Morgan fingerprint density at radius 2 is 2.00 bits per heavy atom. The van der Waals surface area contributed by atoms with Gasteiger partial charge in [0.25, 0.3) is 0 Å². The van der Waals surface area contributed by atoms with Crippen molar-refractivity contribution in [3.05, 3.63) is 16.1 Å². The summed E-state index contributed by atoms with van der Waals surface area (Å²) in [7, 11) is 3.23. The lowest BCUT2D eigenvalue weighted by molar-refractivity contribution is -0.140. The first-order chi connectivity index (χ1) is 12.8. The zero-order chi connectivity index (χ0) is 21.5. The number of rotatable bonds is 6. The minimum absolute atomic E-state index is 0.0905. The van der Waals surface area contributed by atoms with Gasteiger partial charge in [-0.25, -0.2) is 9.78 Å². The molecule has 1 heterocycles. The summed E-state index contributed by atoms with van der Waals surface area (Å²) in [6.07, 6.45) is -4.84. The van der Waals surface area contributed by atoms with Crippen LogP contribution in [0, 0.1) is 5.92 Å². The number of thiazole rings is 1. The van der Waals surface area contributed by atoms with E-state index < -0.39 is 23.6 Å². The lowest BCUT2D eigenvalue weighted by Gasteiger charge is -2.26. The van der Waals surface area contributed by atoms with Crippen LogP contribution in [0.2, 0.25) is 0 Å². The Bertz CT molecular complexity index is 670. The smallest absolute Gasteiger partial charge is 0.434 e. The zero-order valence-electron chi connectivity index (χ0n) is 17.0. The number of carbonyl (C=O) groups excluding carboxylic acids is 1. The SMILES string of the molecule is CN=C(NCc1nc(C(F)(F)F)cs1)NCC(C)CN(C)C(=O)OC(C)(C)C. The van der Waals surface area contributed by atoms with Crippen molar-refractivity contribution in [3.63, 3.8) is 0 Å². The van der Waals surface area contributed by atoms with Crippen LogP contribution in [0.25, 0.3) is 0 Å². The molecular weight excluding hydrogens is 395 g/mol. The predicted octanol–water partition coefficient (Wildman–Crippen LogP) is 3.33. The van der Waals surface area contributed by atoms with Crippen molar-refractivity contribution in [3.8, 4) is 0 Å². The molecule has 1 aromatic rings. The molecule has 1 unspecified atom stereocenters. The molecule has 0 fully saturated rings. The lowest BCUT2D eigenvalue weighted by atomic mass is 10.1. The Morgan fingerprint density at radius 3 is 2.50 bits per heavy atom. The van der Waals surface area contributed by atoms with E-state index in [0.717, 1.165) is 16.7 Å². The molecule has 0 aliphatic heterocycles. The van der Waals surface area contributed by atoms with Crippen LogP contribution >= 0.6 is 11.3 Å². The van der Waals surface area contributed by atoms with Gasteiger partial charge in [-0.2, -0.15) is 13.2 Å². The number of aliphatic imine (C=N–C) groups is 1. The van der Waals surface area contributed by atoms with Gasteiger partial charge >= 0.3 is 12.3 Å². The van der Waals surface area contributed by atoms with Gasteiger partial charge < -0.3 is 20.3 Å². The Morgan fingerprint density at radius 1 is 1.36 bits per heavy atom. The number of halogens is 3. The molecule has 0 bridgehead atoms. The van der Waals surface area contributed by atoms with Gasteiger partial charge in [0.15, 0.2) is 11.7 Å². The van der Waals surface area contributed by atoms with E-state index >= 15 is 0 Å². The first kappa shape index (κ1) is 24.0. The van der Waals surface area contributed by atoms with Crippen LogP contribution in [0.4, 0.5) is 18.0 Å². The van der Waals surface area contributed by atoms with Gasteiger partial charge in [0.05, 0.1) is 6.54 Å². The number of nitrogens with zero attached hydrogens (tertiary/aromatic N) is 3. The lowest BCUT2D eigenvalue weighted by Crippen LogP contribution is -2.42. The number of hydrogen-bond donors (Lipinski definition) is 2. The monoisotopic (exact) mass is 423 g/mol. The van der Waals surface area contributed by atoms with Crippen molar-refractivity contribution >= 4 is 23.4 Å². The van der Waals surface area contributed by atoms with E-state index in [1.54, 1.807) is 34.9 Å². The van der Waals surface area contributed by atoms with E-state index in [1.165, 1.54) is 4.90 Å². The molecule has 0 saturated carbocycles. The van der Waals surface area contributed by atoms with E-state index in [2.05, 4.69) is 20.6 Å². The second kappa shape index (κ2) is 9.94. The Hall–Kier alpha value is -2.04. The maximum Gasteiger partial charge on any atom is 0.434 e. The molecule has 0 aliphatic carbocycles. The maximum atomic E-state index is 12.6. The first-order valence-electron chi connectivity index (χ1n) is 8.72. The molecule has 1 atom stereocenters. The van der Waals surface area contributed by atoms with Crippen LogP contribution in [-0.2, 0) is 17.5 Å². The molecule has 0 aromatic carbocycles. The Kier molecular flexibility index (Phi) is 8.52. The first-order valence-corrected chi connectivity index (χ1v) is 9.60. The third-order valence-electron chi connectivity index (χ3n) is 3.38. The van der Waals surface area contributed by atoms with Crippen molar-refractivity contribution in [1.82, 2.24) is 20.5 Å². The van der Waals surface area contributed by atoms with Gasteiger partial charge in [-0.05, 0) is 26.7 Å². The van der Waals surface area contributed by atoms with Crippen molar-refractivity contribution < 1.29 is 22.7 Å². The van der Waals surface area contributed by atoms with Crippen molar-refractivity contribution in [2.45, 2.75) is 46.0 Å². The quantitative estimate of drug-likeness (QED) is 0.542. The third-order valence-corrected chi connectivity index (χ3v) is 4.23. The molecule has 7 nitrogen and oxygen atoms in total. The summed E-state index contributed by atoms with van der Waals surface area (Å²) < 4.78 is 43.0. The summed E-state index contributed by atoms with van der Waals surface area (Å²) in [6.45, 7) is 8.49. The Balaban J connectivity index is 2.43. The van der Waals surface area contributed by atoms with Gasteiger partial charge in [0, 0.05) is 32.6 Å². The van der Waals surface area contributed by atoms with Crippen LogP contribution < -0.4 is 10.6 Å². The predicted molar refractivity (Wildman–Crippen MR) is 103 cm³/mol. The summed E-state index contributed by atoms with van der Waals surface area (Å²) >= 11 is 0.935. The highest BCUT2D eigenvalue weighted by Crippen LogP contribution is 2.29. The molecular formula is C17H28F3N5O2S. The largest absolute Gasteiger partial charge is 0.444 e. The van der Waals surface area contributed by atoms with Crippen molar-refractivity contribution in [2.24, 2.45) is 10.9 Å². The van der Waals surface area contributed by atoms with E-state index in [9.17, 15) is 18.0 Å². The van der Waals surface area contributed by atoms with Crippen molar-refractivity contribution in [2.75, 3.05) is 27.2 Å². The topological polar surface area (TPSA) is 78.9 Å². The molecule has 0 radical (unpaired) electrons. The number of amides is 1. The second-order valence-corrected chi connectivity index (χ2v) is 8.34. The van der Waals surface area contributed by atoms with E-state index in [0.29, 0.717) is 24.1 Å². The Labute approximate surface area is 167 Å². The standard InChI is InChI=1S/C17H28F3N5O2S/c1-11(9-25(6)15(26)27-16(2,3)4)7-22-14(21-5)23-8-13-24-12(10-28-13)17(18,19)20/h10-11H,7-9H2,1-6H3,(H2,21,22,23). The molecule has 0 saturated heterocycles. The van der Waals surface area contributed by atoms with Gasteiger partial charge in [0.1, 0.15) is 10.6 Å². The van der Waals surface area contributed by atoms with Gasteiger partial charge in [-0.3, -0.25) is 4.99 Å². The van der Waals surface area contributed by atoms with Gasteiger partial charge in [0.2, 0.25) is 0 Å². The summed E-state index contributed by atoms with van der Waals surface area (Å²) in [5, 5.41) is 7.31. The van der Waals surface area contributed by atoms with Crippen LogP contribution in [0.5, 0.6) is 0 Å². The molecule has 28 heavy (non-hydrogen) atoms. The van der Waals surface area contributed by atoms with Crippen molar-refractivity contribution in [1.29, 1.82) is 0 Å². The van der Waals surface area contributed by atoms with Gasteiger partial charge in [-0.15, -0.1) is 11.3 Å². The number of carbonyl (C=O) groups is 1. The molecule has 2 N–H and O–H groups in total. The maximum absolute atomic E-state index is 12.6. The fourth-order valence-electron chi connectivity index (χ4n) is 2.12. The number of ether oxygens (including phenoxy) is 1. The van der Waals surface area contributed by atoms with E-state index in [1.807, 2.05) is 6.92 Å². The minimum Gasteiger partial charge on any atom is -0.444 e. The molecule has 160 valence electrons. The van der Waals surface area contributed by atoms with Crippen LogP contribution in [0.1, 0.15) is 38.4 Å². The molecule has 1 rings (SSSR count). The number of alkyl halides is 3. The summed E-state index contributed by atoms with van der Waals surface area (Å²) in [6, 6.07) is 0. The van der Waals surface area contributed by atoms with Crippen LogP contribution in [0.15, 0.2) is 10.4 Å². The highest BCUT2D eigenvalue weighted by atomic mass is 32.1. The summed E-state index contributed by atoms with van der Waals surface area (Å²) in [4.78, 5) is 21.1. The highest BCUT2D eigenvalue weighted by Gasteiger charge is 2.33. The zero-order valence-corrected chi connectivity index (χ0v) is 17.8. The molecule has 0 spiro atoms. The number of nitrogens with one attached hydrogen (secondary N) is 2. The third kappa shape index (κ3) is 8.77. The molecule has 11 heteroatoms. The minimum atomic E-state index is -4.44. The normalized spacial score (nSPS) is 13.8. The molecule has 1 amide bonds. The van der Waals surface area contributed by atoms with E-state index in [4.69, 9.17) is 4.74 Å². The number of hydrogen-bond acceptors (Lipinski definition) is 5. The fourth-order valence-corrected chi connectivity index (χ4v) is 2.86. The fraction of sp³-hybridized carbons (Fsp3) is 0.706. The molecule has 0 aliphatic rings. The van der Waals surface area contributed by atoms with E-state index in [-0.39, 0.29) is 12.5 Å². The second-order valence-electron chi connectivity index (χ2n) is 7.40. The van der Waals surface area contributed by atoms with Crippen LogP contribution in [-0.4, -0.2) is 54.7 Å². The van der Waals surface area contributed by atoms with Crippen LogP contribution in [0.3, 0.4) is 0 Å². The average molecular weight is 424 g/mol. The average Bonchev–Trinajstić information content (AvgIpc) is 3.02. The van der Waals surface area contributed by atoms with Gasteiger partial charge in [-0.1, -0.05) is 6.92 Å². The number of guanidine groups is 1. The summed E-state index contributed by atoms with van der Waals surface area (Å²) in [5.41, 5.74) is -1.45. The number of aromatic nitrogens is 1. The highest BCUT2D eigenvalue weighted by molar-refractivity contribution is 7.09. The summed E-state index contributed by atoms with van der Waals surface area (Å²) in [5.74, 6) is 0.531.